The number of ether oxygens (including phenoxy) is 1. The fraction of sp³-hybridized carbons (Fsp3) is 0.250. The number of anilines is 1. The van der Waals surface area contributed by atoms with Gasteiger partial charge in [0.05, 0.1) is 7.11 Å². The largest absolute Gasteiger partial charge is 0.497 e. The van der Waals surface area contributed by atoms with E-state index in [1.807, 2.05) is 18.2 Å². The Balaban J connectivity index is 1.57. The molecule has 1 aliphatic rings. The van der Waals surface area contributed by atoms with Crippen LogP contribution >= 0.6 is 0 Å². The Morgan fingerprint density at radius 3 is 2.64 bits per heavy atom. The third kappa shape index (κ3) is 3.33. The summed E-state index contributed by atoms with van der Waals surface area (Å²) in [6.07, 6.45) is -1.07. The molecule has 0 spiro atoms. The van der Waals surface area contributed by atoms with E-state index in [4.69, 9.17) is 9.15 Å². The molecule has 4 rings (SSSR count). The van der Waals surface area contributed by atoms with Crippen molar-refractivity contribution in [2.24, 2.45) is 0 Å². The third-order valence-corrected chi connectivity index (χ3v) is 4.66. The van der Waals surface area contributed by atoms with Crippen LogP contribution in [0.2, 0.25) is 0 Å². The van der Waals surface area contributed by atoms with Crippen LogP contribution in [0.25, 0.3) is 11.5 Å². The number of aromatic nitrogens is 2. The van der Waals surface area contributed by atoms with Crippen LogP contribution in [0.15, 0.2) is 46.9 Å². The predicted octanol–water partition coefficient (Wildman–Crippen LogP) is 4.28. The number of halogens is 2. The molecule has 0 bridgehead atoms. The topological polar surface area (TPSA) is 68.5 Å². The molecular weight excluding hydrogens is 368 g/mol. The van der Waals surface area contributed by atoms with Crippen LogP contribution in [-0.2, 0) is 6.42 Å². The number of carbonyl (C=O) groups is 1. The summed E-state index contributed by atoms with van der Waals surface area (Å²) in [5.41, 5.74) is 2.90. The molecule has 2 aromatic carbocycles. The average molecular weight is 385 g/mol. The fourth-order valence-electron chi connectivity index (χ4n) is 3.26. The first-order valence-corrected chi connectivity index (χ1v) is 8.77. The van der Waals surface area contributed by atoms with Gasteiger partial charge in [-0.25, -0.2) is 0 Å². The minimum atomic E-state index is -2.82. The van der Waals surface area contributed by atoms with Gasteiger partial charge in [-0.3, -0.25) is 4.79 Å². The van der Waals surface area contributed by atoms with E-state index in [9.17, 15) is 13.6 Å². The van der Waals surface area contributed by atoms with Crippen molar-refractivity contribution in [3.05, 3.63) is 59.5 Å². The molecule has 0 aliphatic carbocycles. The standard InChI is InChI=1S/C20H17F2N3O3/c1-27-15-8-9-16-14(11-15)3-2-10-25(16)20(26)13-6-4-12(5-7-13)18-23-24-19(28-18)17(21)22/h4-9,11,17H,2-3,10H2,1H3. The molecule has 2 heterocycles. The summed E-state index contributed by atoms with van der Waals surface area (Å²) in [5, 5.41) is 6.92. The lowest BCUT2D eigenvalue weighted by Crippen LogP contribution is -2.35. The summed E-state index contributed by atoms with van der Waals surface area (Å²) >= 11 is 0. The second kappa shape index (κ2) is 7.38. The lowest BCUT2D eigenvalue weighted by molar-refractivity contribution is 0.0985. The van der Waals surface area contributed by atoms with Gasteiger partial charge in [-0.1, -0.05) is 0 Å². The van der Waals surface area contributed by atoms with Gasteiger partial charge in [-0.05, 0) is 60.9 Å². The highest BCUT2D eigenvalue weighted by atomic mass is 19.3. The molecule has 6 nitrogen and oxygen atoms in total. The summed E-state index contributed by atoms with van der Waals surface area (Å²) in [4.78, 5) is 14.7. The van der Waals surface area contributed by atoms with E-state index in [2.05, 4.69) is 10.2 Å². The molecule has 1 aliphatic heterocycles. The maximum Gasteiger partial charge on any atom is 0.314 e. The normalized spacial score (nSPS) is 13.5. The van der Waals surface area contributed by atoms with Gasteiger partial charge < -0.3 is 14.1 Å². The van der Waals surface area contributed by atoms with E-state index in [1.165, 1.54) is 0 Å². The van der Waals surface area contributed by atoms with Gasteiger partial charge in [0.1, 0.15) is 5.75 Å². The van der Waals surface area contributed by atoms with Gasteiger partial charge in [-0.15, -0.1) is 10.2 Å². The molecule has 0 fully saturated rings. The van der Waals surface area contributed by atoms with Gasteiger partial charge in [0.25, 0.3) is 11.8 Å². The number of hydrogen-bond donors (Lipinski definition) is 0. The minimum absolute atomic E-state index is 0.00953. The highest BCUT2D eigenvalue weighted by Gasteiger charge is 2.24. The summed E-state index contributed by atoms with van der Waals surface area (Å²) in [6.45, 7) is 0.626. The maximum absolute atomic E-state index is 13.0. The Labute approximate surface area is 159 Å². The number of nitrogens with zero attached hydrogens (tertiary/aromatic N) is 3. The van der Waals surface area contributed by atoms with E-state index in [0.717, 1.165) is 29.8 Å². The van der Waals surface area contributed by atoms with E-state index in [-0.39, 0.29) is 11.8 Å². The van der Waals surface area contributed by atoms with Crippen molar-refractivity contribution < 1.29 is 22.7 Å². The molecule has 0 atom stereocenters. The lowest BCUT2D eigenvalue weighted by Gasteiger charge is -2.30. The van der Waals surface area contributed by atoms with Crippen LogP contribution in [0.5, 0.6) is 5.75 Å². The molecule has 8 heteroatoms. The zero-order valence-electron chi connectivity index (χ0n) is 15.1. The SMILES string of the molecule is COc1ccc2c(c1)CCCN2C(=O)c1ccc(-c2nnc(C(F)F)o2)cc1. The number of carbonyl (C=O) groups excluding carboxylic acids is 1. The fourth-order valence-corrected chi connectivity index (χ4v) is 3.26. The van der Waals surface area contributed by atoms with E-state index >= 15 is 0 Å². The monoisotopic (exact) mass is 385 g/mol. The van der Waals surface area contributed by atoms with Crippen molar-refractivity contribution in [1.82, 2.24) is 10.2 Å². The molecule has 0 saturated heterocycles. The molecular formula is C20H17F2N3O3. The van der Waals surface area contributed by atoms with Gasteiger partial charge in [0.2, 0.25) is 5.89 Å². The molecule has 1 aromatic heterocycles. The maximum atomic E-state index is 13.0. The third-order valence-electron chi connectivity index (χ3n) is 4.66. The van der Waals surface area contributed by atoms with Crippen LogP contribution in [0.3, 0.4) is 0 Å². The number of benzene rings is 2. The highest BCUT2D eigenvalue weighted by molar-refractivity contribution is 6.07. The summed E-state index contributed by atoms with van der Waals surface area (Å²) in [6, 6.07) is 12.1. The van der Waals surface area contributed by atoms with Crippen LogP contribution in [-0.4, -0.2) is 29.8 Å². The van der Waals surface area contributed by atoms with Crippen LogP contribution < -0.4 is 9.64 Å². The van der Waals surface area contributed by atoms with Gasteiger partial charge in [0, 0.05) is 23.4 Å². The average Bonchev–Trinajstić information content (AvgIpc) is 3.23. The first-order valence-electron chi connectivity index (χ1n) is 8.77. The summed E-state index contributed by atoms with van der Waals surface area (Å²) < 4.78 is 35.4. The number of alkyl halides is 2. The summed E-state index contributed by atoms with van der Waals surface area (Å²) in [7, 11) is 1.61. The van der Waals surface area contributed by atoms with Crippen molar-refractivity contribution in [2.45, 2.75) is 19.3 Å². The Morgan fingerprint density at radius 1 is 1.18 bits per heavy atom. The Bertz CT molecular complexity index is 1000. The van der Waals surface area contributed by atoms with Crippen LogP contribution in [0, 0.1) is 0 Å². The minimum Gasteiger partial charge on any atom is -0.497 e. The van der Waals surface area contributed by atoms with Crippen molar-refractivity contribution in [3.63, 3.8) is 0 Å². The van der Waals surface area contributed by atoms with Gasteiger partial charge in [-0.2, -0.15) is 8.78 Å². The van der Waals surface area contributed by atoms with Gasteiger partial charge in [0.15, 0.2) is 0 Å². The smallest absolute Gasteiger partial charge is 0.314 e. The molecule has 3 aromatic rings. The number of rotatable bonds is 4. The number of methoxy groups -OCH3 is 1. The van der Waals surface area contributed by atoms with Crippen molar-refractivity contribution >= 4 is 11.6 Å². The van der Waals surface area contributed by atoms with E-state index in [0.29, 0.717) is 17.7 Å². The molecule has 0 saturated carbocycles. The molecule has 28 heavy (non-hydrogen) atoms. The number of amides is 1. The Morgan fingerprint density at radius 2 is 1.96 bits per heavy atom. The quantitative estimate of drug-likeness (QED) is 0.671. The summed E-state index contributed by atoms with van der Waals surface area (Å²) in [5.74, 6) is -0.100. The molecule has 1 amide bonds. The molecule has 0 unspecified atom stereocenters. The predicted molar refractivity (Wildman–Crippen MR) is 97.7 cm³/mol. The zero-order valence-corrected chi connectivity index (χ0v) is 15.1. The number of fused-ring (bicyclic) bond motifs is 1. The van der Waals surface area contributed by atoms with Crippen molar-refractivity contribution in [2.75, 3.05) is 18.6 Å². The van der Waals surface area contributed by atoms with E-state index in [1.54, 1.807) is 36.3 Å². The Kier molecular flexibility index (Phi) is 4.77. The number of aryl methyl sites for hydroxylation is 1. The first-order chi connectivity index (χ1) is 13.6. The molecule has 144 valence electrons. The Hall–Kier alpha value is -3.29. The highest BCUT2D eigenvalue weighted by Crippen LogP contribution is 2.32. The molecule has 0 N–H and O–H groups in total. The van der Waals surface area contributed by atoms with E-state index < -0.39 is 12.3 Å². The second-order valence-electron chi connectivity index (χ2n) is 6.38. The number of hydrogen-bond acceptors (Lipinski definition) is 5. The first kappa shape index (κ1) is 18.1. The molecule has 0 radical (unpaired) electrons. The zero-order chi connectivity index (χ0) is 19.7. The van der Waals surface area contributed by atoms with Gasteiger partial charge >= 0.3 is 6.43 Å². The van der Waals surface area contributed by atoms with Crippen LogP contribution in [0.1, 0.15) is 34.7 Å². The van der Waals surface area contributed by atoms with Crippen molar-refractivity contribution in [3.8, 4) is 17.2 Å². The lowest BCUT2D eigenvalue weighted by atomic mass is 10.00. The van der Waals surface area contributed by atoms with Crippen molar-refractivity contribution in [1.29, 1.82) is 0 Å². The van der Waals surface area contributed by atoms with Crippen LogP contribution in [0.4, 0.5) is 14.5 Å². The second-order valence-corrected chi connectivity index (χ2v) is 6.38.